The minimum atomic E-state index is -1.24. The Balaban J connectivity index is 1.36. The lowest BCUT2D eigenvalue weighted by molar-refractivity contribution is 0.102. The summed E-state index contributed by atoms with van der Waals surface area (Å²) in [6, 6.07) is 16.4. The predicted molar refractivity (Wildman–Crippen MR) is 155 cm³/mol. The lowest BCUT2D eigenvalue weighted by atomic mass is 10.1. The number of benzene rings is 2. The highest BCUT2D eigenvalue weighted by molar-refractivity contribution is 6.05. The van der Waals surface area contributed by atoms with Crippen molar-refractivity contribution in [3.8, 4) is 5.69 Å². The van der Waals surface area contributed by atoms with Gasteiger partial charge >= 0.3 is 6.09 Å². The van der Waals surface area contributed by atoms with Crippen LogP contribution in [-0.4, -0.2) is 56.4 Å². The van der Waals surface area contributed by atoms with Crippen molar-refractivity contribution in [2.75, 3.05) is 34.8 Å². The molecule has 0 saturated carbocycles. The number of aryl methyl sites for hydroxylation is 2. The summed E-state index contributed by atoms with van der Waals surface area (Å²) in [5.74, 6) is -0.174. The molecule has 2 aromatic heterocycles. The van der Waals surface area contributed by atoms with Crippen LogP contribution in [0.4, 0.5) is 22.1 Å². The van der Waals surface area contributed by atoms with Gasteiger partial charge in [-0.1, -0.05) is 18.2 Å². The van der Waals surface area contributed by atoms with Crippen LogP contribution in [-0.2, 0) is 13.0 Å². The molecule has 4 aromatic rings. The van der Waals surface area contributed by atoms with Crippen molar-refractivity contribution in [2.24, 2.45) is 0 Å². The molecule has 210 valence electrons. The first-order valence-corrected chi connectivity index (χ1v) is 13.2. The molecular weight excluding hydrogens is 524 g/mol. The fourth-order valence-corrected chi connectivity index (χ4v) is 4.94. The van der Waals surface area contributed by atoms with Crippen molar-refractivity contribution in [2.45, 2.75) is 26.8 Å². The van der Waals surface area contributed by atoms with Crippen LogP contribution in [0, 0.1) is 13.8 Å². The van der Waals surface area contributed by atoms with Gasteiger partial charge in [0, 0.05) is 54.4 Å². The van der Waals surface area contributed by atoms with E-state index < -0.39 is 6.09 Å². The molecule has 2 amide bonds. The number of amides is 2. The van der Waals surface area contributed by atoms with Gasteiger partial charge in [0.05, 0.1) is 18.8 Å². The monoisotopic (exact) mass is 554 g/mol. The van der Waals surface area contributed by atoms with E-state index in [2.05, 4.69) is 15.3 Å². The number of pyridine rings is 1. The van der Waals surface area contributed by atoms with Crippen molar-refractivity contribution >= 4 is 29.3 Å². The minimum absolute atomic E-state index is 0.0236. The summed E-state index contributed by atoms with van der Waals surface area (Å²) in [6.07, 6.45) is 2.58. The van der Waals surface area contributed by atoms with Gasteiger partial charge in [-0.05, 0) is 61.4 Å². The van der Waals surface area contributed by atoms with E-state index >= 15 is 0 Å². The van der Waals surface area contributed by atoms with E-state index in [1.54, 1.807) is 47.3 Å². The molecule has 41 heavy (non-hydrogen) atoms. The van der Waals surface area contributed by atoms with Crippen molar-refractivity contribution in [1.82, 2.24) is 14.5 Å². The third-order valence-electron chi connectivity index (χ3n) is 7.09. The standard InChI is InChI=1S/C30H30N6O5/c1-19-5-3-4-6-24(19)27(38)32-22-7-9-23(10-8-22)35-14-11-20(2)26(28(35)39)34-13-12-25-21(18-34)17-31-29(33-25)36(15-16-37)30(40)41/h3-11,14,17,37H,12-13,15-16,18H2,1-2H3,(H,32,38)(H,40,41). The van der Waals surface area contributed by atoms with Gasteiger partial charge in [0.25, 0.3) is 11.5 Å². The van der Waals surface area contributed by atoms with E-state index in [0.717, 1.165) is 21.6 Å². The van der Waals surface area contributed by atoms with Crippen LogP contribution in [0.5, 0.6) is 0 Å². The number of nitrogens with one attached hydrogen (secondary N) is 1. The third kappa shape index (κ3) is 5.66. The molecule has 0 spiro atoms. The highest BCUT2D eigenvalue weighted by atomic mass is 16.4. The van der Waals surface area contributed by atoms with E-state index in [0.29, 0.717) is 47.8 Å². The van der Waals surface area contributed by atoms with Crippen LogP contribution in [0.3, 0.4) is 0 Å². The summed E-state index contributed by atoms with van der Waals surface area (Å²) < 4.78 is 1.57. The smallest absolute Gasteiger partial charge is 0.414 e. The highest BCUT2D eigenvalue weighted by Gasteiger charge is 2.25. The molecule has 11 nitrogen and oxygen atoms in total. The Morgan fingerprint density at radius 2 is 1.80 bits per heavy atom. The number of anilines is 3. The van der Waals surface area contributed by atoms with Gasteiger partial charge in [0.2, 0.25) is 5.95 Å². The molecule has 3 heterocycles. The molecule has 0 radical (unpaired) electrons. The molecule has 0 saturated heterocycles. The number of nitrogens with zero attached hydrogens (tertiary/aromatic N) is 5. The van der Waals surface area contributed by atoms with Crippen molar-refractivity contribution < 1.29 is 19.8 Å². The molecule has 0 atom stereocenters. The Morgan fingerprint density at radius 1 is 1.05 bits per heavy atom. The van der Waals surface area contributed by atoms with Crippen molar-refractivity contribution in [1.29, 1.82) is 0 Å². The number of rotatable bonds is 7. The third-order valence-corrected chi connectivity index (χ3v) is 7.09. The maximum atomic E-state index is 13.7. The number of aliphatic hydroxyl groups excluding tert-OH is 1. The quantitative estimate of drug-likeness (QED) is 0.315. The number of aliphatic hydroxyl groups is 1. The van der Waals surface area contributed by atoms with E-state index in [4.69, 9.17) is 0 Å². The van der Waals surface area contributed by atoms with Gasteiger partial charge in [-0.2, -0.15) is 0 Å². The predicted octanol–water partition coefficient (Wildman–Crippen LogP) is 3.54. The molecule has 1 aliphatic rings. The Bertz CT molecular complexity index is 1670. The number of aromatic nitrogens is 3. The molecule has 5 rings (SSSR count). The second-order valence-corrected chi connectivity index (χ2v) is 9.81. The second kappa shape index (κ2) is 11.6. The van der Waals surface area contributed by atoms with Gasteiger partial charge in [-0.15, -0.1) is 0 Å². The molecule has 0 aliphatic carbocycles. The number of carbonyl (C=O) groups excluding carboxylic acids is 1. The fourth-order valence-electron chi connectivity index (χ4n) is 4.94. The second-order valence-electron chi connectivity index (χ2n) is 9.81. The van der Waals surface area contributed by atoms with Crippen LogP contribution in [0.25, 0.3) is 5.69 Å². The van der Waals surface area contributed by atoms with Crippen LogP contribution in [0.2, 0.25) is 0 Å². The van der Waals surface area contributed by atoms with Crippen molar-refractivity contribution in [3.05, 3.63) is 105 Å². The summed E-state index contributed by atoms with van der Waals surface area (Å²) >= 11 is 0. The Kier molecular flexibility index (Phi) is 7.79. The normalized spacial score (nSPS) is 12.5. The zero-order valence-electron chi connectivity index (χ0n) is 22.7. The summed E-state index contributed by atoms with van der Waals surface area (Å²) in [6.45, 7) is 4.22. The molecule has 0 fully saturated rings. The number of carbonyl (C=O) groups is 2. The Morgan fingerprint density at radius 3 is 2.51 bits per heavy atom. The molecule has 11 heteroatoms. The Labute approximate surface area is 236 Å². The molecule has 0 unspecified atom stereocenters. The highest BCUT2D eigenvalue weighted by Crippen LogP contribution is 2.25. The van der Waals surface area contributed by atoms with E-state index in [1.165, 1.54) is 0 Å². The topological polar surface area (TPSA) is 141 Å². The van der Waals surface area contributed by atoms with Crippen molar-refractivity contribution in [3.63, 3.8) is 0 Å². The number of fused-ring (bicyclic) bond motifs is 1. The summed E-state index contributed by atoms with van der Waals surface area (Å²) in [7, 11) is 0. The van der Waals surface area contributed by atoms with Gasteiger partial charge in [-0.3, -0.25) is 14.2 Å². The largest absolute Gasteiger partial charge is 0.465 e. The summed E-state index contributed by atoms with van der Waals surface area (Å²) in [5, 5.41) is 21.5. The zero-order chi connectivity index (χ0) is 29.1. The molecule has 2 aromatic carbocycles. The molecule has 1 aliphatic heterocycles. The van der Waals surface area contributed by atoms with Crippen LogP contribution in [0.1, 0.15) is 32.7 Å². The maximum absolute atomic E-state index is 13.7. The first kappa shape index (κ1) is 27.5. The lowest BCUT2D eigenvalue weighted by Gasteiger charge is -2.31. The summed E-state index contributed by atoms with van der Waals surface area (Å²) in [4.78, 5) is 49.4. The van der Waals surface area contributed by atoms with Crippen LogP contribution < -0.4 is 20.7 Å². The van der Waals surface area contributed by atoms with Gasteiger partial charge in [0.1, 0.15) is 5.69 Å². The van der Waals surface area contributed by atoms with Gasteiger partial charge < -0.3 is 20.4 Å². The molecule has 0 bridgehead atoms. The Hall–Kier alpha value is -5.03. The van der Waals surface area contributed by atoms with Crippen LogP contribution >= 0.6 is 0 Å². The number of carboxylic acid groups (broad SMARTS) is 1. The SMILES string of the molecule is Cc1ccccc1C(=O)Nc1ccc(-n2ccc(C)c(N3CCc4nc(N(CCO)C(=O)O)ncc4C3)c2=O)cc1. The van der Waals surface area contributed by atoms with E-state index in [1.807, 2.05) is 43.0 Å². The van der Waals surface area contributed by atoms with Crippen LogP contribution in [0.15, 0.2) is 71.8 Å². The minimum Gasteiger partial charge on any atom is -0.465 e. The number of hydrogen-bond donors (Lipinski definition) is 3. The van der Waals surface area contributed by atoms with E-state index in [9.17, 15) is 24.6 Å². The first-order valence-electron chi connectivity index (χ1n) is 13.2. The molecule has 3 N–H and O–H groups in total. The lowest BCUT2D eigenvalue weighted by Crippen LogP contribution is -2.38. The van der Waals surface area contributed by atoms with E-state index in [-0.39, 0.29) is 30.6 Å². The molecular formula is C30H30N6O5. The first-order chi connectivity index (χ1) is 19.8. The van der Waals surface area contributed by atoms with Gasteiger partial charge in [-0.25, -0.2) is 19.7 Å². The average molecular weight is 555 g/mol. The number of hydrogen-bond acceptors (Lipinski definition) is 7. The zero-order valence-corrected chi connectivity index (χ0v) is 22.7. The average Bonchev–Trinajstić information content (AvgIpc) is 2.96. The van der Waals surface area contributed by atoms with Gasteiger partial charge in [0.15, 0.2) is 0 Å². The fraction of sp³-hybridized carbons (Fsp3) is 0.233. The summed E-state index contributed by atoms with van der Waals surface area (Å²) in [5.41, 5.74) is 5.50. The maximum Gasteiger partial charge on any atom is 0.414 e.